The molecule has 3 aromatic rings. The lowest BCUT2D eigenvalue weighted by atomic mass is 9.94. The van der Waals surface area contributed by atoms with Crippen LogP contribution >= 0.6 is 0 Å². The molecule has 0 spiro atoms. The predicted octanol–water partition coefficient (Wildman–Crippen LogP) is 10.5. The summed E-state index contributed by atoms with van der Waals surface area (Å²) in [6.07, 6.45) is 12.9. The molecule has 0 aromatic heterocycles. The smallest absolute Gasteiger partial charge is 0.201 e. The van der Waals surface area contributed by atoms with Crippen LogP contribution in [0.1, 0.15) is 83.1 Å². The summed E-state index contributed by atoms with van der Waals surface area (Å²) in [5.74, 6) is -4.48. The Bertz CT molecular complexity index is 1330. The second-order valence-corrected chi connectivity index (χ2v) is 11.1. The molecule has 0 atom stereocenters. The van der Waals surface area contributed by atoms with Crippen molar-refractivity contribution in [2.45, 2.75) is 83.8 Å². The quantitative estimate of drug-likeness (QED) is 0.0990. The first-order valence-corrected chi connectivity index (χ1v) is 15.5. The van der Waals surface area contributed by atoms with Crippen molar-refractivity contribution >= 4 is 0 Å². The van der Waals surface area contributed by atoms with Gasteiger partial charge in [0.15, 0.2) is 29.5 Å². The van der Waals surface area contributed by atoms with E-state index in [4.69, 9.17) is 14.2 Å². The first-order valence-electron chi connectivity index (χ1n) is 15.5. The van der Waals surface area contributed by atoms with E-state index in [9.17, 15) is 8.78 Å². The highest BCUT2D eigenvalue weighted by molar-refractivity contribution is 5.72. The van der Waals surface area contributed by atoms with Crippen LogP contribution in [0.3, 0.4) is 0 Å². The summed E-state index contributed by atoms with van der Waals surface area (Å²) in [6, 6.07) is 12.2. The van der Waals surface area contributed by atoms with Gasteiger partial charge < -0.3 is 14.2 Å². The minimum atomic E-state index is -1.03. The number of hydrogen-bond donors (Lipinski definition) is 0. The van der Waals surface area contributed by atoms with Gasteiger partial charge in [-0.2, -0.15) is 4.39 Å². The average molecular weight is 599 g/mol. The van der Waals surface area contributed by atoms with Gasteiger partial charge in [-0.05, 0) is 48.6 Å². The van der Waals surface area contributed by atoms with Crippen LogP contribution in [0.4, 0.5) is 17.6 Å². The summed E-state index contributed by atoms with van der Waals surface area (Å²) in [4.78, 5) is 0. The molecule has 0 saturated carbocycles. The maximum atomic E-state index is 15.2. The van der Waals surface area contributed by atoms with Gasteiger partial charge >= 0.3 is 0 Å². The molecule has 7 heteroatoms. The molecule has 0 aliphatic carbocycles. The maximum absolute atomic E-state index is 15.2. The molecule has 4 rings (SSSR count). The van der Waals surface area contributed by atoms with Crippen molar-refractivity contribution in [3.63, 3.8) is 0 Å². The minimum Gasteiger partial charge on any atom is -0.490 e. The van der Waals surface area contributed by atoms with Crippen LogP contribution in [0.2, 0.25) is 0 Å². The number of halogens is 4. The summed E-state index contributed by atoms with van der Waals surface area (Å²) < 4.78 is 77.0. The van der Waals surface area contributed by atoms with Crippen molar-refractivity contribution in [1.29, 1.82) is 0 Å². The predicted molar refractivity (Wildman–Crippen MR) is 163 cm³/mol. The molecule has 1 aliphatic heterocycles. The van der Waals surface area contributed by atoms with E-state index in [1.54, 1.807) is 30.3 Å². The van der Waals surface area contributed by atoms with Gasteiger partial charge in [-0.15, -0.1) is 0 Å². The first-order chi connectivity index (χ1) is 20.9. The van der Waals surface area contributed by atoms with Gasteiger partial charge in [-0.1, -0.05) is 94.0 Å². The Morgan fingerprint density at radius 2 is 1.30 bits per heavy atom. The highest BCUT2D eigenvalue weighted by Gasteiger charge is 2.27. The molecule has 1 heterocycles. The fourth-order valence-electron chi connectivity index (χ4n) is 5.33. The Kier molecular flexibility index (Phi) is 12.7. The Balaban J connectivity index is 1.37. The number of rotatable bonds is 15. The molecule has 3 aromatic carbocycles. The lowest BCUT2D eigenvalue weighted by Crippen LogP contribution is -2.31. The molecule has 43 heavy (non-hydrogen) atoms. The standard InChI is InChI=1S/C36H42F4O3/c1-3-5-7-8-9-10-12-22-41-31-21-20-29(35(39)36(31)40)26-16-14-25(15-17-26)28-18-19-30(34(38)33(28)37)27-23-42-32(43-24-27)13-11-6-4-2/h4,6,14-21,27,32H,3,5,7-13,22-24H2,1-2H3. The lowest BCUT2D eigenvalue weighted by Gasteiger charge is -2.30. The largest absolute Gasteiger partial charge is 0.490 e. The first kappa shape index (κ1) is 32.7. The average Bonchev–Trinajstić information content (AvgIpc) is 3.02. The summed E-state index contributed by atoms with van der Waals surface area (Å²) in [5, 5.41) is 0. The van der Waals surface area contributed by atoms with Crippen molar-refractivity contribution in [2.24, 2.45) is 0 Å². The highest BCUT2D eigenvalue weighted by Crippen LogP contribution is 2.35. The lowest BCUT2D eigenvalue weighted by molar-refractivity contribution is -0.189. The van der Waals surface area contributed by atoms with E-state index in [1.165, 1.54) is 43.9 Å². The zero-order valence-electron chi connectivity index (χ0n) is 25.2. The highest BCUT2D eigenvalue weighted by atomic mass is 19.2. The number of ether oxygens (including phenoxy) is 3. The number of unbranched alkanes of at least 4 members (excludes halogenated alkanes) is 6. The van der Waals surface area contributed by atoms with E-state index in [2.05, 4.69) is 6.92 Å². The Labute approximate surface area is 252 Å². The minimum absolute atomic E-state index is 0.0654. The molecule has 0 N–H and O–H groups in total. The molecule has 0 amide bonds. The van der Waals surface area contributed by atoms with E-state index < -0.39 is 29.2 Å². The SMILES string of the molecule is CC=CCCC1OCC(c2ccc(-c3ccc(-c4ccc(OCCCCCCCCC)c(F)c4F)cc3)c(F)c2F)CO1. The molecular weight excluding hydrogens is 556 g/mol. The summed E-state index contributed by atoms with van der Waals surface area (Å²) >= 11 is 0. The van der Waals surface area contributed by atoms with Crippen LogP contribution in [-0.4, -0.2) is 26.1 Å². The van der Waals surface area contributed by atoms with Gasteiger partial charge in [-0.3, -0.25) is 0 Å². The third-order valence-electron chi connectivity index (χ3n) is 7.88. The number of benzene rings is 3. The third-order valence-corrected chi connectivity index (χ3v) is 7.88. The topological polar surface area (TPSA) is 27.7 Å². The van der Waals surface area contributed by atoms with Crippen molar-refractivity contribution in [3.05, 3.63) is 89.5 Å². The molecule has 1 saturated heterocycles. The van der Waals surface area contributed by atoms with Crippen LogP contribution in [-0.2, 0) is 9.47 Å². The molecule has 1 aliphatic rings. The second kappa shape index (κ2) is 16.6. The Hall–Kier alpha value is -3.16. The van der Waals surface area contributed by atoms with Gasteiger partial charge in [-0.25, -0.2) is 13.2 Å². The fourth-order valence-corrected chi connectivity index (χ4v) is 5.33. The van der Waals surface area contributed by atoms with Gasteiger partial charge in [0.25, 0.3) is 0 Å². The van der Waals surface area contributed by atoms with Gasteiger partial charge in [0.05, 0.1) is 19.8 Å². The fraction of sp³-hybridized carbons (Fsp3) is 0.444. The van der Waals surface area contributed by atoms with Crippen molar-refractivity contribution < 1.29 is 31.8 Å². The molecule has 3 nitrogen and oxygen atoms in total. The van der Waals surface area contributed by atoms with Gasteiger partial charge in [0.2, 0.25) is 5.82 Å². The van der Waals surface area contributed by atoms with Crippen LogP contribution in [0.25, 0.3) is 22.3 Å². The van der Waals surface area contributed by atoms with Crippen LogP contribution in [0.5, 0.6) is 5.75 Å². The van der Waals surface area contributed by atoms with Crippen molar-refractivity contribution in [2.75, 3.05) is 19.8 Å². The number of hydrogen-bond acceptors (Lipinski definition) is 3. The van der Waals surface area contributed by atoms with Crippen LogP contribution in [0.15, 0.2) is 60.7 Å². The summed E-state index contributed by atoms with van der Waals surface area (Å²) in [6.45, 7) is 4.95. The van der Waals surface area contributed by atoms with E-state index in [0.717, 1.165) is 25.7 Å². The van der Waals surface area contributed by atoms with E-state index >= 15 is 8.78 Å². The molecule has 232 valence electrons. The van der Waals surface area contributed by atoms with E-state index in [-0.39, 0.29) is 41.9 Å². The zero-order chi connectivity index (χ0) is 30.6. The zero-order valence-corrected chi connectivity index (χ0v) is 25.2. The summed E-state index contributed by atoms with van der Waals surface area (Å²) in [7, 11) is 0. The third kappa shape index (κ3) is 8.70. The van der Waals surface area contributed by atoms with Crippen molar-refractivity contribution in [3.8, 4) is 28.0 Å². The summed E-state index contributed by atoms with van der Waals surface area (Å²) in [5.41, 5.74) is 1.18. The molecule has 0 radical (unpaired) electrons. The van der Waals surface area contributed by atoms with E-state index in [1.807, 2.05) is 19.1 Å². The van der Waals surface area contributed by atoms with Gasteiger partial charge in [0.1, 0.15) is 0 Å². The molecule has 0 unspecified atom stereocenters. The molecular formula is C36H42F4O3. The Morgan fingerprint density at radius 3 is 1.93 bits per heavy atom. The number of allylic oxidation sites excluding steroid dienone is 2. The maximum Gasteiger partial charge on any atom is 0.201 e. The second-order valence-electron chi connectivity index (χ2n) is 11.1. The monoisotopic (exact) mass is 598 g/mol. The van der Waals surface area contributed by atoms with Gasteiger partial charge in [0, 0.05) is 23.5 Å². The Morgan fingerprint density at radius 1 is 0.721 bits per heavy atom. The van der Waals surface area contributed by atoms with Crippen LogP contribution in [0, 0.1) is 23.3 Å². The van der Waals surface area contributed by atoms with Crippen LogP contribution < -0.4 is 4.74 Å². The molecule has 1 fully saturated rings. The normalized spacial score (nSPS) is 17.1. The molecule has 0 bridgehead atoms. The van der Waals surface area contributed by atoms with Crippen molar-refractivity contribution in [1.82, 2.24) is 0 Å². The van der Waals surface area contributed by atoms with E-state index in [0.29, 0.717) is 24.2 Å².